The SMILES string of the molecule is CCNC(c1cc(Br)ccc1Br)C(C(F)(F)F)C(F)(F)F. The van der Waals surface area contributed by atoms with Crippen LogP contribution in [0.4, 0.5) is 26.3 Å². The third kappa shape index (κ3) is 4.85. The average Bonchev–Trinajstić information content (AvgIpc) is 2.28. The van der Waals surface area contributed by atoms with E-state index in [0.717, 1.165) is 0 Å². The minimum atomic E-state index is -5.41. The molecule has 0 heterocycles. The number of hydrogen-bond acceptors (Lipinski definition) is 1. The van der Waals surface area contributed by atoms with Crippen molar-refractivity contribution in [3.8, 4) is 0 Å². The highest BCUT2D eigenvalue weighted by Crippen LogP contribution is 2.47. The van der Waals surface area contributed by atoms with Gasteiger partial charge in [-0.1, -0.05) is 38.8 Å². The van der Waals surface area contributed by atoms with Crippen LogP contribution >= 0.6 is 31.9 Å². The molecule has 0 amide bonds. The molecule has 1 unspecified atom stereocenters. The van der Waals surface area contributed by atoms with Crippen LogP contribution in [0.5, 0.6) is 0 Å². The van der Waals surface area contributed by atoms with E-state index >= 15 is 0 Å². The van der Waals surface area contributed by atoms with Crippen molar-refractivity contribution in [3.05, 3.63) is 32.7 Å². The van der Waals surface area contributed by atoms with Crippen molar-refractivity contribution < 1.29 is 26.3 Å². The van der Waals surface area contributed by atoms with Crippen molar-refractivity contribution in [2.75, 3.05) is 6.54 Å². The maximum Gasteiger partial charge on any atom is 0.402 e. The first kappa shape index (κ1) is 18.8. The minimum Gasteiger partial charge on any atom is -0.309 e. The van der Waals surface area contributed by atoms with Crippen LogP contribution in [0.1, 0.15) is 18.5 Å². The highest BCUT2D eigenvalue weighted by Gasteiger charge is 2.60. The maximum atomic E-state index is 12.9. The first-order valence-corrected chi connectivity index (χ1v) is 7.38. The van der Waals surface area contributed by atoms with Crippen LogP contribution in [-0.4, -0.2) is 18.9 Å². The summed E-state index contributed by atoms with van der Waals surface area (Å²) in [6.45, 7) is 1.41. The first-order valence-electron chi connectivity index (χ1n) is 5.80. The quantitative estimate of drug-likeness (QED) is 0.598. The van der Waals surface area contributed by atoms with Gasteiger partial charge in [-0.15, -0.1) is 0 Å². The zero-order chi connectivity index (χ0) is 16.4. The second-order valence-electron chi connectivity index (χ2n) is 4.26. The van der Waals surface area contributed by atoms with E-state index in [4.69, 9.17) is 0 Å². The van der Waals surface area contributed by atoms with Gasteiger partial charge in [0, 0.05) is 8.95 Å². The largest absolute Gasteiger partial charge is 0.402 e. The number of nitrogens with one attached hydrogen (secondary N) is 1. The number of benzene rings is 1. The molecule has 0 saturated carbocycles. The summed E-state index contributed by atoms with van der Waals surface area (Å²) in [5, 5.41) is 2.29. The summed E-state index contributed by atoms with van der Waals surface area (Å²) in [6, 6.07) is 2.23. The van der Waals surface area contributed by atoms with E-state index in [0.29, 0.717) is 4.47 Å². The van der Waals surface area contributed by atoms with Crippen molar-refractivity contribution >= 4 is 31.9 Å². The van der Waals surface area contributed by atoms with Gasteiger partial charge < -0.3 is 5.32 Å². The van der Waals surface area contributed by atoms with Crippen LogP contribution in [-0.2, 0) is 0 Å². The molecule has 0 aliphatic heterocycles. The summed E-state index contributed by atoms with van der Waals surface area (Å²) < 4.78 is 78.1. The molecule has 0 bridgehead atoms. The van der Waals surface area contributed by atoms with Gasteiger partial charge >= 0.3 is 12.4 Å². The molecule has 1 N–H and O–H groups in total. The van der Waals surface area contributed by atoms with Crippen molar-refractivity contribution in [2.24, 2.45) is 5.92 Å². The maximum absolute atomic E-state index is 12.9. The third-order valence-corrected chi connectivity index (χ3v) is 3.97. The fourth-order valence-corrected chi connectivity index (χ4v) is 2.82. The lowest BCUT2D eigenvalue weighted by molar-refractivity contribution is -0.292. The van der Waals surface area contributed by atoms with E-state index in [1.54, 1.807) is 0 Å². The Morgan fingerprint density at radius 3 is 2.00 bits per heavy atom. The molecular formula is C12H11Br2F6N. The summed E-state index contributed by atoms with van der Waals surface area (Å²) in [7, 11) is 0. The highest BCUT2D eigenvalue weighted by atomic mass is 79.9. The molecule has 1 aromatic rings. The summed E-state index contributed by atoms with van der Waals surface area (Å²) in [6.07, 6.45) is -10.8. The Labute approximate surface area is 134 Å². The Kier molecular flexibility index (Phi) is 6.14. The van der Waals surface area contributed by atoms with Crippen molar-refractivity contribution in [3.63, 3.8) is 0 Å². The molecule has 0 aliphatic rings. The van der Waals surface area contributed by atoms with Gasteiger partial charge in [0.15, 0.2) is 5.92 Å². The molecule has 1 nitrogen and oxygen atoms in total. The van der Waals surface area contributed by atoms with Gasteiger partial charge in [0.1, 0.15) is 0 Å². The normalized spacial score (nSPS) is 14.6. The van der Waals surface area contributed by atoms with Gasteiger partial charge in [-0.25, -0.2) is 0 Å². The highest BCUT2D eigenvalue weighted by molar-refractivity contribution is 9.11. The fourth-order valence-electron chi connectivity index (χ4n) is 1.94. The van der Waals surface area contributed by atoms with Crippen LogP contribution < -0.4 is 5.32 Å². The van der Waals surface area contributed by atoms with E-state index in [9.17, 15) is 26.3 Å². The summed E-state index contributed by atoms with van der Waals surface area (Å²) >= 11 is 6.06. The van der Waals surface area contributed by atoms with E-state index < -0.39 is 24.3 Å². The Morgan fingerprint density at radius 1 is 1.05 bits per heavy atom. The topological polar surface area (TPSA) is 12.0 Å². The Bertz CT molecular complexity index is 472. The number of hydrogen-bond donors (Lipinski definition) is 1. The van der Waals surface area contributed by atoms with Gasteiger partial charge in [0.2, 0.25) is 0 Å². The molecule has 1 aromatic carbocycles. The van der Waals surface area contributed by atoms with Crippen molar-refractivity contribution in [1.82, 2.24) is 5.32 Å². The zero-order valence-electron chi connectivity index (χ0n) is 10.6. The van der Waals surface area contributed by atoms with Gasteiger partial charge in [-0.2, -0.15) is 26.3 Å². The van der Waals surface area contributed by atoms with Gasteiger partial charge in [-0.3, -0.25) is 0 Å². The predicted octanol–water partition coefficient (Wildman–Crippen LogP) is 5.60. The van der Waals surface area contributed by atoms with Gasteiger partial charge in [0.05, 0.1) is 6.04 Å². The third-order valence-electron chi connectivity index (χ3n) is 2.76. The molecule has 0 radical (unpaired) electrons. The zero-order valence-corrected chi connectivity index (χ0v) is 13.8. The molecule has 0 spiro atoms. The second-order valence-corrected chi connectivity index (χ2v) is 6.03. The number of rotatable bonds is 4. The number of alkyl halides is 6. The summed E-state index contributed by atoms with van der Waals surface area (Å²) in [5.41, 5.74) is -0.106. The smallest absolute Gasteiger partial charge is 0.309 e. The molecule has 0 aromatic heterocycles. The fraction of sp³-hybridized carbons (Fsp3) is 0.500. The summed E-state index contributed by atoms with van der Waals surface area (Å²) in [4.78, 5) is 0. The molecule has 1 atom stereocenters. The Hall–Kier alpha value is -0.280. The monoisotopic (exact) mass is 441 g/mol. The molecule has 9 heteroatoms. The van der Waals surface area contributed by atoms with Crippen LogP contribution in [0, 0.1) is 5.92 Å². The van der Waals surface area contributed by atoms with Gasteiger partial charge in [0.25, 0.3) is 0 Å². The lowest BCUT2D eigenvalue weighted by atomic mass is 9.91. The molecule has 21 heavy (non-hydrogen) atoms. The molecule has 1 rings (SSSR count). The first-order chi connectivity index (χ1) is 9.48. The average molecular weight is 443 g/mol. The van der Waals surface area contributed by atoms with E-state index in [1.165, 1.54) is 25.1 Å². The van der Waals surface area contributed by atoms with Crippen LogP contribution in [0.25, 0.3) is 0 Å². The lowest BCUT2D eigenvalue weighted by Gasteiger charge is -2.32. The number of halogens is 8. The van der Waals surface area contributed by atoms with Gasteiger partial charge in [-0.05, 0) is 30.3 Å². The molecular weight excluding hydrogens is 432 g/mol. The van der Waals surface area contributed by atoms with Crippen molar-refractivity contribution in [2.45, 2.75) is 25.3 Å². The predicted molar refractivity (Wildman–Crippen MR) is 73.9 cm³/mol. The van der Waals surface area contributed by atoms with E-state index in [-0.39, 0.29) is 16.6 Å². The molecule has 0 fully saturated rings. The van der Waals surface area contributed by atoms with E-state index in [1.807, 2.05) is 0 Å². The molecule has 0 saturated heterocycles. The molecule has 120 valence electrons. The van der Waals surface area contributed by atoms with E-state index in [2.05, 4.69) is 37.2 Å². The lowest BCUT2D eigenvalue weighted by Crippen LogP contribution is -2.46. The van der Waals surface area contributed by atoms with Crippen LogP contribution in [0.15, 0.2) is 27.1 Å². The molecule has 0 aliphatic carbocycles. The van der Waals surface area contributed by atoms with Crippen molar-refractivity contribution in [1.29, 1.82) is 0 Å². The summed E-state index contributed by atoms with van der Waals surface area (Å²) in [5.74, 6) is -3.49. The Balaban J connectivity index is 3.41. The minimum absolute atomic E-state index is 0.0354. The van der Waals surface area contributed by atoms with Crippen LogP contribution in [0.2, 0.25) is 0 Å². The standard InChI is InChI=1S/C12H11Br2F6N/c1-2-21-9(7-5-6(13)3-4-8(7)14)10(11(15,16)17)12(18,19)20/h3-5,9-10,21H,2H2,1H3. The second kappa shape index (κ2) is 6.87. The Morgan fingerprint density at radius 2 is 1.57 bits per heavy atom. The van der Waals surface area contributed by atoms with Crippen LogP contribution in [0.3, 0.4) is 0 Å².